The SMILES string of the molecule is NC(=NCCc1coc(-c2ccccc2)n1)N1CCCCC1. The first-order chi connectivity index (χ1) is 10.8. The zero-order valence-electron chi connectivity index (χ0n) is 12.7. The number of aromatic nitrogens is 1. The first-order valence-electron chi connectivity index (χ1n) is 7.87. The number of piperidine rings is 1. The second-order valence-electron chi connectivity index (χ2n) is 5.55. The lowest BCUT2D eigenvalue weighted by atomic mass is 10.1. The highest BCUT2D eigenvalue weighted by Gasteiger charge is 2.11. The number of rotatable bonds is 4. The molecular formula is C17H22N4O. The highest BCUT2D eigenvalue weighted by molar-refractivity contribution is 5.78. The number of nitrogens with zero attached hydrogens (tertiary/aromatic N) is 3. The Labute approximate surface area is 130 Å². The molecule has 1 aromatic carbocycles. The molecule has 1 aromatic heterocycles. The number of benzene rings is 1. The van der Waals surface area contributed by atoms with Crippen LogP contribution in [0.5, 0.6) is 0 Å². The normalized spacial score (nSPS) is 16.0. The number of aliphatic imine (C=N–C) groups is 1. The number of hydrogen-bond acceptors (Lipinski definition) is 3. The van der Waals surface area contributed by atoms with Gasteiger partial charge in [0.25, 0.3) is 0 Å². The highest BCUT2D eigenvalue weighted by Crippen LogP contribution is 2.18. The van der Waals surface area contributed by atoms with E-state index >= 15 is 0 Å². The maximum atomic E-state index is 6.04. The van der Waals surface area contributed by atoms with Gasteiger partial charge in [-0.05, 0) is 31.4 Å². The third-order valence-corrected chi connectivity index (χ3v) is 3.89. The molecule has 0 amide bonds. The second kappa shape index (κ2) is 7.11. The third kappa shape index (κ3) is 3.67. The van der Waals surface area contributed by atoms with Crippen LogP contribution in [-0.4, -0.2) is 35.5 Å². The van der Waals surface area contributed by atoms with Crippen molar-refractivity contribution in [1.29, 1.82) is 0 Å². The smallest absolute Gasteiger partial charge is 0.226 e. The summed E-state index contributed by atoms with van der Waals surface area (Å²) in [5.41, 5.74) is 7.94. The summed E-state index contributed by atoms with van der Waals surface area (Å²) in [6.45, 7) is 2.69. The predicted octanol–water partition coefficient (Wildman–Crippen LogP) is 2.68. The summed E-state index contributed by atoms with van der Waals surface area (Å²) in [6, 6.07) is 9.90. The number of hydrogen-bond donors (Lipinski definition) is 1. The van der Waals surface area contributed by atoms with Gasteiger partial charge >= 0.3 is 0 Å². The highest BCUT2D eigenvalue weighted by atomic mass is 16.3. The summed E-state index contributed by atoms with van der Waals surface area (Å²) in [5, 5.41) is 0. The average Bonchev–Trinajstić information content (AvgIpc) is 3.05. The molecule has 1 saturated heterocycles. The van der Waals surface area contributed by atoms with Crippen LogP contribution in [0.3, 0.4) is 0 Å². The molecule has 0 saturated carbocycles. The fourth-order valence-corrected chi connectivity index (χ4v) is 2.64. The van der Waals surface area contributed by atoms with E-state index in [4.69, 9.17) is 10.2 Å². The van der Waals surface area contributed by atoms with Crippen molar-refractivity contribution in [3.63, 3.8) is 0 Å². The van der Waals surface area contributed by atoms with Gasteiger partial charge in [0, 0.05) is 31.6 Å². The quantitative estimate of drug-likeness (QED) is 0.696. The van der Waals surface area contributed by atoms with E-state index in [0.29, 0.717) is 18.4 Å². The molecule has 1 fully saturated rings. The Morgan fingerprint density at radius 3 is 2.73 bits per heavy atom. The average molecular weight is 298 g/mol. The van der Waals surface area contributed by atoms with Gasteiger partial charge < -0.3 is 15.1 Å². The molecule has 0 aliphatic carbocycles. The van der Waals surface area contributed by atoms with E-state index in [-0.39, 0.29) is 0 Å². The van der Waals surface area contributed by atoms with Gasteiger partial charge in [-0.2, -0.15) is 0 Å². The van der Waals surface area contributed by atoms with E-state index in [2.05, 4.69) is 14.9 Å². The number of nitrogens with two attached hydrogens (primary N) is 1. The molecule has 1 aliphatic rings. The van der Waals surface area contributed by atoms with Crippen molar-refractivity contribution in [2.45, 2.75) is 25.7 Å². The fraction of sp³-hybridized carbons (Fsp3) is 0.412. The van der Waals surface area contributed by atoms with Crippen LogP contribution in [0.4, 0.5) is 0 Å². The minimum atomic E-state index is 0.642. The molecule has 2 aromatic rings. The maximum Gasteiger partial charge on any atom is 0.226 e. The molecule has 0 atom stereocenters. The van der Waals surface area contributed by atoms with Gasteiger partial charge in [0.1, 0.15) is 6.26 Å². The zero-order valence-corrected chi connectivity index (χ0v) is 12.7. The Balaban J connectivity index is 1.55. The summed E-state index contributed by atoms with van der Waals surface area (Å²) in [7, 11) is 0. The van der Waals surface area contributed by atoms with Crippen LogP contribution in [0.1, 0.15) is 25.0 Å². The van der Waals surface area contributed by atoms with Gasteiger partial charge in [-0.1, -0.05) is 18.2 Å². The van der Waals surface area contributed by atoms with E-state index in [1.807, 2.05) is 30.3 Å². The minimum absolute atomic E-state index is 0.642. The van der Waals surface area contributed by atoms with E-state index in [0.717, 1.165) is 30.8 Å². The van der Waals surface area contributed by atoms with Crippen LogP contribution >= 0.6 is 0 Å². The molecule has 0 bridgehead atoms. The van der Waals surface area contributed by atoms with Gasteiger partial charge in [0.2, 0.25) is 5.89 Å². The van der Waals surface area contributed by atoms with Crippen LogP contribution in [0.2, 0.25) is 0 Å². The number of guanidine groups is 1. The molecule has 1 aliphatic heterocycles. The molecule has 2 N–H and O–H groups in total. The van der Waals surface area contributed by atoms with Crippen molar-refractivity contribution in [3.05, 3.63) is 42.3 Å². The molecule has 5 nitrogen and oxygen atoms in total. The van der Waals surface area contributed by atoms with Crippen LogP contribution in [0.25, 0.3) is 11.5 Å². The van der Waals surface area contributed by atoms with E-state index < -0.39 is 0 Å². The van der Waals surface area contributed by atoms with Gasteiger partial charge in [0.05, 0.1) is 5.69 Å². The van der Waals surface area contributed by atoms with Gasteiger partial charge in [-0.15, -0.1) is 0 Å². The predicted molar refractivity (Wildman–Crippen MR) is 87.6 cm³/mol. The lowest BCUT2D eigenvalue weighted by Crippen LogP contribution is -2.41. The van der Waals surface area contributed by atoms with E-state index in [1.165, 1.54) is 19.3 Å². The van der Waals surface area contributed by atoms with Crippen molar-refractivity contribution >= 4 is 5.96 Å². The number of likely N-dealkylation sites (tertiary alicyclic amines) is 1. The standard InChI is InChI=1S/C17H22N4O/c18-17(21-11-5-2-6-12-21)19-10-9-15-13-22-16(20-15)14-7-3-1-4-8-14/h1,3-4,7-8,13H,2,5-6,9-12H2,(H2,18,19). The van der Waals surface area contributed by atoms with Crippen LogP contribution < -0.4 is 5.73 Å². The maximum absolute atomic E-state index is 6.04. The molecule has 0 spiro atoms. The van der Waals surface area contributed by atoms with Crippen molar-refractivity contribution in [3.8, 4) is 11.5 Å². The fourth-order valence-electron chi connectivity index (χ4n) is 2.64. The Morgan fingerprint density at radius 1 is 1.18 bits per heavy atom. The summed E-state index contributed by atoms with van der Waals surface area (Å²) < 4.78 is 5.52. The monoisotopic (exact) mass is 298 g/mol. The van der Waals surface area contributed by atoms with E-state index in [1.54, 1.807) is 6.26 Å². The Kier molecular flexibility index (Phi) is 4.73. The van der Waals surface area contributed by atoms with Crippen molar-refractivity contribution in [2.24, 2.45) is 10.7 Å². The molecule has 5 heteroatoms. The summed E-state index contributed by atoms with van der Waals surface area (Å²) in [4.78, 5) is 11.1. The van der Waals surface area contributed by atoms with Gasteiger partial charge in [-0.3, -0.25) is 4.99 Å². The molecule has 3 rings (SSSR count). The Morgan fingerprint density at radius 2 is 1.95 bits per heavy atom. The van der Waals surface area contributed by atoms with Crippen molar-refractivity contribution in [1.82, 2.24) is 9.88 Å². The molecule has 2 heterocycles. The zero-order chi connectivity index (χ0) is 15.2. The first kappa shape index (κ1) is 14.6. The van der Waals surface area contributed by atoms with Crippen LogP contribution in [0.15, 0.2) is 46.0 Å². The molecule has 0 unspecified atom stereocenters. The van der Waals surface area contributed by atoms with Crippen molar-refractivity contribution in [2.75, 3.05) is 19.6 Å². The van der Waals surface area contributed by atoms with Crippen LogP contribution in [0, 0.1) is 0 Å². The second-order valence-corrected chi connectivity index (χ2v) is 5.55. The Bertz CT molecular complexity index is 615. The van der Waals surface area contributed by atoms with Gasteiger partial charge in [0.15, 0.2) is 5.96 Å². The molecule has 22 heavy (non-hydrogen) atoms. The lowest BCUT2D eigenvalue weighted by Gasteiger charge is -2.27. The van der Waals surface area contributed by atoms with Gasteiger partial charge in [-0.25, -0.2) is 4.98 Å². The molecule has 116 valence electrons. The third-order valence-electron chi connectivity index (χ3n) is 3.89. The molecule has 0 radical (unpaired) electrons. The topological polar surface area (TPSA) is 67.6 Å². The summed E-state index contributed by atoms with van der Waals surface area (Å²) in [6.07, 6.45) is 6.16. The summed E-state index contributed by atoms with van der Waals surface area (Å²) in [5.74, 6) is 1.31. The number of oxazole rings is 1. The van der Waals surface area contributed by atoms with Crippen molar-refractivity contribution < 1.29 is 4.42 Å². The van der Waals surface area contributed by atoms with E-state index in [9.17, 15) is 0 Å². The van der Waals surface area contributed by atoms with Crippen LogP contribution in [-0.2, 0) is 6.42 Å². The lowest BCUT2D eigenvalue weighted by molar-refractivity contribution is 0.338. The first-order valence-corrected chi connectivity index (χ1v) is 7.87. The summed E-state index contributed by atoms with van der Waals surface area (Å²) >= 11 is 0. The minimum Gasteiger partial charge on any atom is -0.444 e. The largest absolute Gasteiger partial charge is 0.444 e. The molecular weight excluding hydrogens is 276 g/mol. The Hall–Kier alpha value is -2.30.